The van der Waals surface area contributed by atoms with Crippen LogP contribution < -0.4 is 16.2 Å². The SMILES string of the molecule is Cn1c(C(C)(C)NC(=O)c2cn3ccsc3n2)nc(C(=O)NCc2ccc(F)cc2)c(O)c1=O. The molecule has 0 aliphatic heterocycles. The fraction of sp³-hybridized carbons (Fsp3) is 0.227. The molecule has 0 aliphatic rings. The van der Waals surface area contributed by atoms with E-state index < -0.39 is 40.2 Å². The smallest absolute Gasteiger partial charge is 0.296 e. The third-order valence-corrected chi connectivity index (χ3v) is 5.93. The van der Waals surface area contributed by atoms with Gasteiger partial charge in [-0.2, -0.15) is 0 Å². The van der Waals surface area contributed by atoms with Crippen molar-refractivity contribution in [3.63, 3.8) is 0 Å². The van der Waals surface area contributed by atoms with Gasteiger partial charge in [0.25, 0.3) is 17.4 Å². The van der Waals surface area contributed by atoms with Crippen LogP contribution in [-0.4, -0.2) is 35.9 Å². The van der Waals surface area contributed by atoms with Gasteiger partial charge in [-0.25, -0.2) is 14.4 Å². The summed E-state index contributed by atoms with van der Waals surface area (Å²) in [6.07, 6.45) is 3.35. The molecular formula is C22H21FN6O4S. The van der Waals surface area contributed by atoms with E-state index in [4.69, 9.17) is 0 Å². The summed E-state index contributed by atoms with van der Waals surface area (Å²) in [5.74, 6) is -2.47. The maximum atomic E-state index is 13.1. The summed E-state index contributed by atoms with van der Waals surface area (Å²) in [5, 5.41) is 17.4. The number of hydrogen-bond donors (Lipinski definition) is 3. The van der Waals surface area contributed by atoms with E-state index in [0.717, 1.165) is 4.57 Å². The lowest BCUT2D eigenvalue weighted by molar-refractivity contribution is 0.0902. The molecule has 3 heterocycles. The zero-order valence-electron chi connectivity index (χ0n) is 18.5. The minimum absolute atomic E-state index is 0.0301. The van der Waals surface area contributed by atoms with Crippen molar-refractivity contribution in [2.45, 2.75) is 25.9 Å². The monoisotopic (exact) mass is 484 g/mol. The summed E-state index contributed by atoms with van der Waals surface area (Å²) in [4.78, 5) is 47.3. The lowest BCUT2D eigenvalue weighted by Crippen LogP contribution is -2.46. The molecule has 12 heteroatoms. The van der Waals surface area contributed by atoms with E-state index in [-0.39, 0.29) is 18.1 Å². The number of fused-ring (bicyclic) bond motifs is 1. The highest BCUT2D eigenvalue weighted by Crippen LogP contribution is 2.21. The van der Waals surface area contributed by atoms with Crippen LogP contribution >= 0.6 is 11.3 Å². The number of nitrogens with one attached hydrogen (secondary N) is 2. The van der Waals surface area contributed by atoms with E-state index in [2.05, 4.69) is 20.6 Å². The first-order chi connectivity index (χ1) is 16.1. The molecule has 0 radical (unpaired) electrons. The van der Waals surface area contributed by atoms with E-state index >= 15 is 0 Å². The highest BCUT2D eigenvalue weighted by molar-refractivity contribution is 7.15. The number of carbonyl (C=O) groups excluding carboxylic acids is 2. The van der Waals surface area contributed by atoms with Gasteiger partial charge in [-0.05, 0) is 31.5 Å². The normalized spacial score (nSPS) is 11.5. The molecule has 0 saturated carbocycles. The average molecular weight is 485 g/mol. The molecule has 0 atom stereocenters. The molecule has 3 N–H and O–H groups in total. The van der Waals surface area contributed by atoms with Gasteiger partial charge in [-0.1, -0.05) is 12.1 Å². The number of aromatic nitrogens is 4. The van der Waals surface area contributed by atoms with Gasteiger partial charge in [0, 0.05) is 31.4 Å². The summed E-state index contributed by atoms with van der Waals surface area (Å²) >= 11 is 1.38. The fourth-order valence-corrected chi connectivity index (χ4v) is 4.12. The third kappa shape index (κ3) is 4.39. The first kappa shape index (κ1) is 23.1. The number of nitrogens with zero attached hydrogens (tertiary/aromatic N) is 4. The Morgan fingerprint density at radius 3 is 2.56 bits per heavy atom. The van der Waals surface area contributed by atoms with Crippen LogP contribution in [0.25, 0.3) is 4.96 Å². The lowest BCUT2D eigenvalue weighted by Gasteiger charge is -2.27. The fourth-order valence-electron chi connectivity index (χ4n) is 3.42. The van der Waals surface area contributed by atoms with E-state index in [1.165, 1.54) is 42.6 Å². The van der Waals surface area contributed by atoms with Crippen molar-refractivity contribution >= 4 is 28.1 Å². The van der Waals surface area contributed by atoms with Crippen LogP contribution in [0.3, 0.4) is 0 Å². The second-order valence-corrected chi connectivity index (χ2v) is 8.98. The second-order valence-electron chi connectivity index (χ2n) is 8.10. The van der Waals surface area contributed by atoms with Gasteiger partial charge < -0.3 is 15.7 Å². The van der Waals surface area contributed by atoms with Crippen LogP contribution in [0.15, 0.2) is 46.8 Å². The highest BCUT2D eigenvalue weighted by atomic mass is 32.1. The first-order valence-corrected chi connectivity index (χ1v) is 11.0. The van der Waals surface area contributed by atoms with Crippen LogP contribution in [0.4, 0.5) is 4.39 Å². The maximum Gasteiger partial charge on any atom is 0.296 e. The summed E-state index contributed by atoms with van der Waals surface area (Å²) in [7, 11) is 1.38. The minimum atomic E-state index is -1.21. The molecule has 2 amide bonds. The van der Waals surface area contributed by atoms with Crippen LogP contribution in [0.1, 0.15) is 46.2 Å². The van der Waals surface area contributed by atoms with Gasteiger partial charge in [-0.3, -0.25) is 23.4 Å². The summed E-state index contributed by atoms with van der Waals surface area (Å²) in [6.45, 7) is 3.26. The number of hydrogen-bond acceptors (Lipinski definition) is 7. The largest absolute Gasteiger partial charge is 0.501 e. The van der Waals surface area contributed by atoms with E-state index in [1.807, 2.05) is 5.38 Å². The van der Waals surface area contributed by atoms with E-state index in [9.17, 15) is 23.9 Å². The molecule has 4 rings (SSSR count). The van der Waals surface area contributed by atoms with Gasteiger partial charge in [0.2, 0.25) is 5.75 Å². The Bertz CT molecular complexity index is 1430. The number of rotatable bonds is 6. The quantitative estimate of drug-likeness (QED) is 0.383. The van der Waals surface area contributed by atoms with Gasteiger partial charge in [0.1, 0.15) is 17.3 Å². The molecule has 0 bridgehead atoms. The standard InChI is InChI=1S/C22H21FN6O4S/c1-22(2,27-17(31)14-11-29-8-9-34-21(29)25-14)20-26-15(16(30)19(33)28(20)3)18(32)24-10-12-4-6-13(23)7-5-12/h4-9,11,30H,10H2,1-3H3,(H,24,32)(H,27,31). The maximum absolute atomic E-state index is 13.1. The van der Waals surface area contributed by atoms with E-state index in [0.29, 0.717) is 10.5 Å². The van der Waals surface area contributed by atoms with Gasteiger partial charge in [0.05, 0.1) is 5.54 Å². The third-order valence-electron chi connectivity index (χ3n) is 5.16. The van der Waals surface area contributed by atoms with Crippen molar-refractivity contribution in [2.75, 3.05) is 0 Å². The molecule has 0 spiro atoms. The lowest BCUT2D eigenvalue weighted by atomic mass is 10.0. The van der Waals surface area contributed by atoms with Crippen LogP contribution in [0, 0.1) is 5.82 Å². The number of thiazole rings is 1. The number of aromatic hydroxyl groups is 1. The number of imidazole rings is 1. The van der Waals surface area contributed by atoms with Crippen molar-refractivity contribution in [3.05, 3.63) is 81.0 Å². The molecule has 0 aliphatic carbocycles. The average Bonchev–Trinajstić information content (AvgIpc) is 3.39. The van der Waals surface area contributed by atoms with Crippen molar-refractivity contribution in [3.8, 4) is 5.75 Å². The molecule has 3 aromatic heterocycles. The Labute approximate surface area is 196 Å². The number of amides is 2. The predicted octanol–water partition coefficient (Wildman–Crippen LogP) is 1.93. The van der Waals surface area contributed by atoms with Crippen molar-refractivity contribution < 1.29 is 19.1 Å². The van der Waals surface area contributed by atoms with Gasteiger partial charge in [-0.15, -0.1) is 11.3 Å². The van der Waals surface area contributed by atoms with Gasteiger partial charge >= 0.3 is 0 Å². The predicted molar refractivity (Wildman–Crippen MR) is 122 cm³/mol. The zero-order chi connectivity index (χ0) is 24.6. The Kier molecular flexibility index (Phi) is 5.92. The van der Waals surface area contributed by atoms with Crippen LogP contribution in [0.5, 0.6) is 5.75 Å². The molecule has 176 valence electrons. The minimum Gasteiger partial charge on any atom is -0.501 e. The van der Waals surface area contributed by atoms with Gasteiger partial charge in [0.15, 0.2) is 10.7 Å². The summed E-state index contributed by atoms with van der Waals surface area (Å²) in [5.41, 5.74) is -1.74. The van der Waals surface area contributed by atoms with Crippen molar-refractivity contribution in [1.82, 2.24) is 29.6 Å². The number of carbonyl (C=O) groups is 2. The highest BCUT2D eigenvalue weighted by Gasteiger charge is 2.32. The topological polar surface area (TPSA) is 131 Å². The number of benzene rings is 1. The zero-order valence-corrected chi connectivity index (χ0v) is 19.3. The van der Waals surface area contributed by atoms with Crippen LogP contribution in [0.2, 0.25) is 0 Å². The molecular weight excluding hydrogens is 463 g/mol. The summed E-state index contributed by atoms with van der Waals surface area (Å²) < 4.78 is 15.9. The number of halogens is 1. The molecule has 34 heavy (non-hydrogen) atoms. The molecule has 4 aromatic rings. The molecule has 10 nitrogen and oxygen atoms in total. The molecule has 0 fully saturated rings. The van der Waals surface area contributed by atoms with Crippen LogP contribution in [-0.2, 0) is 19.1 Å². The second kappa shape index (κ2) is 8.71. The molecule has 0 saturated heterocycles. The first-order valence-electron chi connectivity index (χ1n) is 10.1. The molecule has 0 unspecified atom stereocenters. The van der Waals surface area contributed by atoms with Crippen molar-refractivity contribution in [2.24, 2.45) is 7.05 Å². The Morgan fingerprint density at radius 1 is 1.18 bits per heavy atom. The Hall–Kier alpha value is -4.06. The van der Waals surface area contributed by atoms with Crippen molar-refractivity contribution in [1.29, 1.82) is 0 Å². The Balaban J connectivity index is 1.59. The molecule has 1 aromatic carbocycles. The Morgan fingerprint density at radius 2 is 1.88 bits per heavy atom. The van der Waals surface area contributed by atoms with E-state index in [1.54, 1.807) is 30.6 Å². The summed E-state index contributed by atoms with van der Waals surface area (Å²) in [6, 6.07) is 5.50.